The Balaban J connectivity index is 1.57. The Morgan fingerprint density at radius 1 is 0.931 bits per heavy atom. The molecule has 5 rings (SSSR count). The lowest BCUT2D eigenvalue weighted by Crippen LogP contribution is -2.01. The molecule has 0 radical (unpaired) electrons. The third-order valence-corrected chi connectivity index (χ3v) is 5.11. The van der Waals surface area contributed by atoms with Crippen LogP contribution in [0.5, 0.6) is 0 Å². The molecule has 0 spiro atoms. The van der Waals surface area contributed by atoms with E-state index in [4.69, 9.17) is 17.3 Å². The fourth-order valence-corrected chi connectivity index (χ4v) is 3.61. The molecule has 0 aliphatic rings. The van der Waals surface area contributed by atoms with Gasteiger partial charge in [0.1, 0.15) is 23.6 Å². The molecule has 3 N–H and O–H groups in total. The smallest absolute Gasteiger partial charge is 0.146 e. The average Bonchev–Trinajstić information content (AvgIpc) is 3.36. The molecule has 2 aromatic carbocycles. The molecule has 0 unspecified atom stereocenters. The van der Waals surface area contributed by atoms with Crippen molar-refractivity contribution in [1.82, 2.24) is 24.5 Å². The lowest BCUT2D eigenvalue weighted by Gasteiger charge is -2.03. The molecule has 3 aromatic heterocycles. The number of aromatic nitrogens is 5. The van der Waals surface area contributed by atoms with Crippen LogP contribution in [0.2, 0.25) is 5.02 Å². The Morgan fingerprint density at radius 3 is 2.52 bits per heavy atom. The van der Waals surface area contributed by atoms with Crippen molar-refractivity contribution in [3.05, 3.63) is 84.0 Å². The topological polar surface area (TPSA) is 85.4 Å². The van der Waals surface area contributed by atoms with Crippen LogP contribution in [0.15, 0.2) is 73.3 Å². The molecule has 5 aromatic rings. The number of nitrogens with two attached hydrogens (primary N) is 1. The van der Waals surface area contributed by atoms with Crippen molar-refractivity contribution in [2.75, 3.05) is 5.73 Å². The van der Waals surface area contributed by atoms with E-state index < -0.39 is 0 Å². The summed E-state index contributed by atoms with van der Waals surface area (Å²) in [5.74, 6) is 1.29. The Bertz CT molecular complexity index is 1290. The first kappa shape index (κ1) is 17.5. The summed E-state index contributed by atoms with van der Waals surface area (Å²) in [6.07, 6.45) is 5.38. The lowest BCUT2D eigenvalue weighted by molar-refractivity contribution is 0.804. The van der Waals surface area contributed by atoms with Gasteiger partial charge >= 0.3 is 0 Å². The van der Waals surface area contributed by atoms with E-state index in [1.54, 1.807) is 0 Å². The van der Waals surface area contributed by atoms with Gasteiger partial charge in [-0.05, 0) is 17.7 Å². The van der Waals surface area contributed by atoms with Gasteiger partial charge in [-0.2, -0.15) is 0 Å². The number of hydrogen-bond donors (Lipinski definition) is 2. The third-order valence-electron chi connectivity index (χ3n) is 4.85. The van der Waals surface area contributed by atoms with Crippen LogP contribution in [-0.4, -0.2) is 24.5 Å². The number of benzene rings is 2. The van der Waals surface area contributed by atoms with Crippen LogP contribution >= 0.6 is 11.6 Å². The first-order valence-corrected chi connectivity index (χ1v) is 9.51. The molecular formula is C22H17ClN6. The van der Waals surface area contributed by atoms with Crippen LogP contribution < -0.4 is 5.73 Å². The minimum absolute atomic E-state index is 0.452. The van der Waals surface area contributed by atoms with E-state index in [0.717, 1.165) is 39.2 Å². The SMILES string of the molecule is Nc1ncnc2c1c(-c1ccc(Cl)cc1)cn2Cc1cnc(-c2ccccc2)[nH]1. The minimum Gasteiger partial charge on any atom is -0.383 e. The number of fused-ring (bicyclic) bond motifs is 1. The summed E-state index contributed by atoms with van der Waals surface area (Å²) in [4.78, 5) is 16.6. The largest absolute Gasteiger partial charge is 0.383 e. The van der Waals surface area contributed by atoms with Crippen molar-refractivity contribution in [3.8, 4) is 22.5 Å². The van der Waals surface area contributed by atoms with Gasteiger partial charge in [-0.25, -0.2) is 15.0 Å². The quantitative estimate of drug-likeness (QED) is 0.455. The van der Waals surface area contributed by atoms with Gasteiger partial charge in [0.05, 0.1) is 23.8 Å². The zero-order valence-corrected chi connectivity index (χ0v) is 16.1. The molecule has 6 nitrogen and oxygen atoms in total. The fourth-order valence-electron chi connectivity index (χ4n) is 3.48. The summed E-state index contributed by atoms with van der Waals surface area (Å²) in [5, 5.41) is 1.52. The second kappa shape index (κ2) is 7.07. The van der Waals surface area contributed by atoms with Crippen LogP contribution in [0.3, 0.4) is 0 Å². The number of rotatable bonds is 4. The van der Waals surface area contributed by atoms with Crippen molar-refractivity contribution < 1.29 is 0 Å². The standard InChI is InChI=1S/C22H17ClN6/c23-16-8-6-14(7-9-16)18-12-29(22-19(18)20(24)26-13-27-22)11-17-10-25-21(28-17)15-4-2-1-3-5-15/h1-10,12-13H,11H2,(H,25,28)(H2,24,26,27). The average molecular weight is 401 g/mol. The van der Waals surface area contributed by atoms with Crippen molar-refractivity contribution >= 4 is 28.5 Å². The minimum atomic E-state index is 0.452. The summed E-state index contributed by atoms with van der Waals surface area (Å²) in [5.41, 5.74) is 11.0. The highest BCUT2D eigenvalue weighted by Crippen LogP contribution is 2.33. The number of nitrogens with zero attached hydrogens (tertiary/aromatic N) is 4. The second-order valence-corrected chi connectivity index (χ2v) is 7.19. The molecule has 0 amide bonds. The molecular weight excluding hydrogens is 384 g/mol. The van der Waals surface area contributed by atoms with Gasteiger partial charge in [0.15, 0.2) is 0 Å². The van der Waals surface area contributed by atoms with Crippen LogP contribution in [0.25, 0.3) is 33.5 Å². The zero-order chi connectivity index (χ0) is 19.8. The summed E-state index contributed by atoms with van der Waals surface area (Å²) >= 11 is 6.05. The number of hydrogen-bond acceptors (Lipinski definition) is 4. The normalized spacial score (nSPS) is 11.2. The van der Waals surface area contributed by atoms with E-state index in [-0.39, 0.29) is 0 Å². The van der Waals surface area contributed by atoms with Crippen LogP contribution in [0.1, 0.15) is 5.69 Å². The number of nitrogen functional groups attached to an aromatic ring is 1. The van der Waals surface area contributed by atoms with Crippen LogP contribution in [-0.2, 0) is 6.54 Å². The number of H-pyrrole nitrogens is 1. The van der Waals surface area contributed by atoms with Gasteiger partial charge in [-0.15, -0.1) is 0 Å². The highest BCUT2D eigenvalue weighted by Gasteiger charge is 2.16. The van der Waals surface area contributed by atoms with Crippen LogP contribution in [0, 0.1) is 0 Å². The van der Waals surface area contributed by atoms with E-state index >= 15 is 0 Å². The second-order valence-electron chi connectivity index (χ2n) is 6.76. The Hall–Kier alpha value is -3.64. The summed E-state index contributed by atoms with van der Waals surface area (Å²) in [6, 6.07) is 17.7. The predicted octanol–water partition coefficient (Wildman–Crippen LogP) is 4.77. The van der Waals surface area contributed by atoms with E-state index in [2.05, 4.69) is 24.5 Å². The molecule has 142 valence electrons. The lowest BCUT2D eigenvalue weighted by atomic mass is 10.1. The highest BCUT2D eigenvalue weighted by atomic mass is 35.5. The summed E-state index contributed by atoms with van der Waals surface area (Å²) < 4.78 is 2.06. The Morgan fingerprint density at radius 2 is 1.72 bits per heavy atom. The van der Waals surface area contributed by atoms with Crippen molar-refractivity contribution in [2.45, 2.75) is 6.54 Å². The van der Waals surface area contributed by atoms with Gasteiger partial charge in [-0.3, -0.25) is 0 Å². The first-order valence-electron chi connectivity index (χ1n) is 9.13. The molecule has 7 heteroatoms. The molecule has 0 saturated carbocycles. The maximum absolute atomic E-state index is 6.20. The number of imidazole rings is 1. The van der Waals surface area contributed by atoms with Crippen molar-refractivity contribution in [2.24, 2.45) is 0 Å². The third kappa shape index (κ3) is 3.23. The molecule has 0 bridgehead atoms. The molecule has 0 atom stereocenters. The van der Waals surface area contributed by atoms with E-state index in [9.17, 15) is 0 Å². The van der Waals surface area contributed by atoms with E-state index in [0.29, 0.717) is 17.4 Å². The van der Waals surface area contributed by atoms with Crippen LogP contribution in [0.4, 0.5) is 5.82 Å². The predicted molar refractivity (Wildman–Crippen MR) is 116 cm³/mol. The molecule has 29 heavy (non-hydrogen) atoms. The van der Waals surface area contributed by atoms with Crippen molar-refractivity contribution in [3.63, 3.8) is 0 Å². The molecule has 0 fully saturated rings. The molecule has 0 aliphatic carbocycles. The summed E-state index contributed by atoms with van der Waals surface area (Å²) in [7, 11) is 0. The molecule has 3 heterocycles. The van der Waals surface area contributed by atoms with Gasteiger partial charge < -0.3 is 15.3 Å². The van der Waals surface area contributed by atoms with Gasteiger partial charge in [0.25, 0.3) is 0 Å². The zero-order valence-electron chi connectivity index (χ0n) is 15.4. The maximum Gasteiger partial charge on any atom is 0.146 e. The number of aromatic amines is 1. The van der Waals surface area contributed by atoms with Gasteiger partial charge in [-0.1, -0.05) is 54.1 Å². The maximum atomic E-state index is 6.20. The summed E-state index contributed by atoms with van der Waals surface area (Å²) in [6.45, 7) is 0.584. The number of halogens is 1. The van der Waals surface area contributed by atoms with Gasteiger partial charge in [0, 0.05) is 22.3 Å². The highest BCUT2D eigenvalue weighted by molar-refractivity contribution is 6.30. The van der Waals surface area contributed by atoms with Gasteiger partial charge in [0.2, 0.25) is 0 Å². The fraction of sp³-hybridized carbons (Fsp3) is 0.0455. The molecule has 0 aliphatic heterocycles. The molecule has 0 saturated heterocycles. The van der Waals surface area contributed by atoms with Crippen molar-refractivity contribution in [1.29, 1.82) is 0 Å². The first-order chi connectivity index (χ1) is 14.2. The number of anilines is 1. The Kier molecular flexibility index (Phi) is 4.26. The number of nitrogens with one attached hydrogen (secondary N) is 1. The van der Waals surface area contributed by atoms with E-state index in [1.807, 2.05) is 67.0 Å². The van der Waals surface area contributed by atoms with E-state index in [1.165, 1.54) is 6.33 Å². The monoisotopic (exact) mass is 400 g/mol. The Labute approximate surface area is 172 Å².